The van der Waals surface area contributed by atoms with Gasteiger partial charge in [-0.25, -0.2) is 22.9 Å². The van der Waals surface area contributed by atoms with E-state index < -0.39 is 40.7 Å². The number of aromatic nitrogens is 2. The summed E-state index contributed by atoms with van der Waals surface area (Å²) in [7, 11) is 0. The van der Waals surface area contributed by atoms with Gasteiger partial charge in [-0.3, -0.25) is 9.36 Å². The topological polar surface area (TPSA) is 73.2 Å². The van der Waals surface area contributed by atoms with E-state index in [9.17, 15) is 22.8 Å². The van der Waals surface area contributed by atoms with Crippen molar-refractivity contribution in [2.45, 2.75) is 52.7 Å². The van der Waals surface area contributed by atoms with E-state index in [1.165, 1.54) is 6.07 Å². The van der Waals surface area contributed by atoms with Crippen LogP contribution in [-0.2, 0) is 4.74 Å². The first-order chi connectivity index (χ1) is 14.9. The van der Waals surface area contributed by atoms with Crippen LogP contribution in [-0.4, -0.2) is 21.2 Å². The molecule has 2 aromatic carbocycles. The molecule has 0 saturated heterocycles. The number of nitrogens with one attached hydrogen (secondary N) is 1. The van der Waals surface area contributed by atoms with Gasteiger partial charge >= 0.3 is 6.09 Å². The lowest BCUT2D eigenvalue weighted by Gasteiger charge is -2.25. The van der Waals surface area contributed by atoms with Crippen LogP contribution in [0.5, 0.6) is 0 Å². The first kappa shape index (κ1) is 23.3. The van der Waals surface area contributed by atoms with E-state index in [0.29, 0.717) is 11.6 Å². The summed E-state index contributed by atoms with van der Waals surface area (Å²) in [6.07, 6.45) is -0.491. The number of hydrogen-bond donors (Lipinski definition) is 1. The average Bonchev–Trinajstić information content (AvgIpc) is 2.66. The fourth-order valence-electron chi connectivity index (χ4n) is 3.35. The van der Waals surface area contributed by atoms with E-state index in [0.717, 1.165) is 22.8 Å². The zero-order valence-corrected chi connectivity index (χ0v) is 18.4. The van der Waals surface area contributed by atoms with Crippen molar-refractivity contribution in [1.82, 2.24) is 14.9 Å². The number of carbonyl (C=O) groups excluding carboxylic acids is 1. The van der Waals surface area contributed by atoms with Crippen LogP contribution in [0.1, 0.15) is 51.5 Å². The first-order valence-corrected chi connectivity index (χ1v) is 10.1. The quantitative estimate of drug-likeness (QED) is 0.605. The minimum absolute atomic E-state index is 0.00504. The number of hydrogen-bond acceptors (Lipinski definition) is 4. The third-order valence-corrected chi connectivity index (χ3v) is 4.72. The van der Waals surface area contributed by atoms with Crippen molar-refractivity contribution in [1.29, 1.82) is 0 Å². The summed E-state index contributed by atoms with van der Waals surface area (Å²) in [5.74, 6) is -2.66. The van der Waals surface area contributed by atoms with Gasteiger partial charge in [0.2, 0.25) is 0 Å². The molecule has 0 aliphatic rings. The third-order valence-electron chi connectivity index (χ3n) is 4.72. The lowest BCUT2D eigenvalue weighted by molar-refractivity contribution is 0.0499. The average molecular weight is 447 g/mol. The standard InChI is InChI=1S/C23H24F3N3O3/c1-6-17(27-22(31)32-23(3,4)5)20-28-19-12(2)7-8-16(26)18(19)21(30)29(20)15-10-13(24)9-14(25)11-15/h7-11,17H,6H2,1-5H3,(H,27,31). The molecule has 32 heavy (non-hydrogen) atoms. The van der Waals surface area contributed by atoms with Crippen molar-refractivity contribution < 1.29 is 22.7 Å². The molecule has 0 fully saturated rings. The van der Waals surface area contributed by atoms with E-state index in [-0.39, 0.29) is 28.8 Å². The smallest absolute Gasteiger partial charge is 0.408 e. The molecule has 3 rings (SSSR count). The van der Waals surface area contributed by atoms with Crippen molar-refractivity contribution in [3.8, 4) is 5.69 Å². The van der Waals surface area contributed by atoms with Gasteiger partial charge in [0, 0.05) is 6.07 Å². The first-order valence-electron chi connectivity index (χ1n) is 10.1. The van der Waals surface area contributed by atoms with Gasteiger partial charge in [-0.2, -0.15) is 0 Å². The molecule has 6 nitrogen and oxygen atoms in total. The number of halogens is 3. The summed E-state index contributed by atoms with van der Waals surface area (Å²) in [5, 5.41) is 2.33. The summed E-state index contributed by atoms with van der Waals surface area (Å²) < 4.78 is 48.8. The molecule has 0 radical (unpaired) electrons. The zero-order chi connectivity index (χ0) is 23.8. The van der Waals surface area contributed by atoms with E-state index >= 15 is 0 Å². The molecule has 1 amide bonds. The Morgan fingerprint density at radius 1 is 1.16 bits per heavy atom. The summed E-state index contributed by atoms with van der Waals surface area (Å²) in [6, 6.07) is 4.28. The molecule has 9 heteroatoms. The molecule has 1 atom stereocenters. The molecule has 1 heterocycles. The number of aryl methyl sites for hydroxylation is 1. The number of amides is 1. The van der Waals surface area contributed by atoms with Crippen LogP contribution in [0.15, 0.2) is 35.1 Å². The monoisotopic (exact) mass is 447 g/mol. The van der Waals surface area contributed by atoms with Gasteiger partial charge in [-0.15, -0.1) is 0 Å². The molecule has 3 aromatic rings. The van der Waals surface area contributed by atoms with Crippen molar-refractivity contribution in [2.75, 3.05) is 0 Å². The molecule has 1 N–H and O–H groups in total. The van der Waals surface area contributed by atoms with E-state index in [4.69, 9.17) is 4.74 Å². The van der Waals surface area contributed by atoms with Crippen molar-refractivity contribution >= 4 is 17.0 Å². The van der Waals surface area contributed by atoms with E-state index in [1.54, 1.807) is 34.6 Å². The largest absolute Gasteiger partial charge is 0.444 e. The lowest BCUT2D eigenvalue weighted by atomic mass is 10.1. The molecule has 0 aliphatic heterocycles. The molecular formula is C23H24F3N3O3. The molecule has 170 valence electrons. The molecule has 1 aromatic heterocycles. The van der Waals surface area contributed by atoms with Crippen LogP contribution in [0.3, 0.4) is 0 Å². The normalized spacial score (nSPS) is 12.6. The maximum absolute atomic E-state index is 14.6. The number of fused-ring (bicyclic) bond motifs is 1. The predicted molar refractivity (Wildman–Crippen MR) is 114 cm³/mol. The highest BCUT2D eigenvalue weighted by molar-refractivity contribution is 5.82. The number of carbonyl (C=O) groups is 1. The number of ether oxygens (including phenoxy) is 1. The summed E-state index contributed by atoms with van der Waals surface area (Å²) in [5.41, 5.74) is -1.17. The Bertz CT molecular complexity index is 1230. The molecule has 0 bridgehead atoms. The molecular weight excluding hydrogens is 423 g/mol. The third kappa shape index (κ3) is 4.76. The minimum Gasteiger partial charge on any atom is -0.444 e. The van der Waals surface area contributed by atoms with Gasteiger partial charge in [-0.05, 0) is 57.9 Å². The van der Waals surface area contributed by atoms with Gasteiger partial charge in [0.15, 0.2) is 0 Å². The maximum atomic E-state index is 14.6. The van der Waals surface area contributed by atoms with Crippen LogP contribution in [0.25, 0.3) is 16.6 Å². The lowest BCUT2D eigenvalue weighted by Crippen LogP contribution is -2.38. The second-order valence-electron chi connectivity index (χ2n) is 8.43. The molecule has 0 spiro atoms. The number of benzene rings is 2. The van der Waals surface area contributed by atoms with E-state index in [1.807, 2.05) is 0 Å². The van der Waals surface area contributed by atoms with Crippen molar-refractivity contribution in [3.05, 3.63) is 69.5 Å². The fourth-order valence-corrected chi connectivity index (χ4v) is 3.35. The van der Waals surface area contributed by atoms with Crippen LogP contribution < -0.4 is 10.9 Å². The Kier molecular flexibility index (Phi) is 6.29. The maximum Gasteiger partial charge on any atom is 0.408 e. The van der Waals surface area contributed by atoms with Gasteiger partial charge in [0.25, 0.3) is 5.56 Å². The van der Waals surface area contributed by atoms with Gasteiger partial charge < -0.3 is 10.1 Å². The Morgan fingerprint density at radius 2 is 1.78 bits per heavy atom. The Morgan fingerprint density at radius 3 is 2.34 bits per heavy atom. The van der Waals surface area contributed by atoms with Crippen LogP contribution in [0, 0.1) is 24.4 Å². The highest BCUT2D eigenvalue weighted by Gasteiger charge is 2.26. The predicted octanol–water partition coefficient (Wildman–Crippen LogP) is 5.09. The van der Waals surface area contributed by atoms with Crippen LogP contribution in [0.4, 0.5) is 18.0 Å². The minimum atomic E-state index is -0.921. The summed E-state index contributed by atoms with van der Waals surface area (Å²) in [4.78, 5) is 30.2. The summed E-state index contributed by atoms with van der Waals surface area (Å²) in [6.45, 7) is 8.47. The van der Waals surface area contributed by atoms with Gasteiger partial charge in [-0.1, -0.05) is 13.0 Å². The molecule has 1 unspecified atom stereocenters. The Balaban J connectivity index is 2.31. The Hall–Kier alpha value is -3.36. The van der Waals surface area contributed by atoms with E-state index in [2.05, 4.69) is 10.3 Å². The summed E-state index contributed by atoms with van der Waals surface area (Å²) >= 11 is 0. The molecule has 0 aliphatic carbocycles. The molecule has 0 saturated carbocycles. The van der Waals surface area contributed by atoms with Crippen LogP contribution >= 0.6 is 0 Å². The second-order valence-corrected chi connectivity index (χ2v) is 8.43. The highest BCUT2D eigenvalue weighted by atomic mass is 19.1. The van der Waals surface area contributed by atoms with Gasteiger partial charge in [0.1, 0.15) is 34.3 Å². The Labute approximate surface area is 183 Å². The SMILES string of the molecule is CCC(NC(=O)OC(C)(C)C)c1nc2c(C)ccc(F)c2c(=O)n1-c1cc(F)cc(F)c1. The number of rotatable bonds is 4. The number of nitrogens with zero attached hydrogens (tertiary/aromatic N) is 2. The fraction of sp³-hybridized carbons (Fsp3) is 0.348. The van der Waals surface area contributed by atoms with Gasteiger partial charge in [0.05, 0.1) is 17.2 Å². The van der Waals surface area contributed by atoms with Crippen molar-refractivity contribution in [2.24, 2.45) is 0 Å². The zero-order valence-electron chi connectivity index (χ0n) is 18.4. The van der Waals surface area contributed by atoms with Crippen LogP contribution in [0.2, 0.25) is 0 Å². The number of alkyl carbamates (subject to hydrolysis) is 1. The highest BCUT2D eigenvalue weighted by Crippen LogP contribution is 2.24. The van der Waals surface area contributed by atoms with Crippen molar-refractivity contribution in [3.63, 3.8) is 0 Å². The second kappa shape index (κ2) is 8.64.